The van der Waals surface area contributed by atoms with Crippen molar-refractivity contribution in [3.8, 4) is 0 Å². The van der Waals surface area contributed by atoms with Crippen molar-refractivity contribution >= 4 is 0 Å². The van der Waals surface area contributed by atoms with Crippen molar-refractivity contribution in [2.24, 2.45) is 5.41 Å². The fourth-order valence-electron chi connectivity index (χ4n) is 4.94. The summed E-state index contributed by atoms with van der Waals surface area (Å²) >= 11 is 0. The minimum absolute atomic E-state index is 0.122. The molecule has 166 valence electrons. The number of alkyl halides is 2. The van der Waals surface area contributed by atoms with Crippen LogP contribution >= 0.6 is 0 Å². The Morgan fingerprint density at radius 2 is 2.00 bits per heavy atom. The molecule has 1 fully saturated rings. The summed E-state index contributed by atoms with van der Waals surface area (Å²) in [5, 5.41) is 14.6. The Hall–Kier alpha value is -1.05. The van der Waals surface area contributed by atoms with Gasteiger partial charge in [-0.15, -0.1) is 0 Å². The largest absolute Gasteiger partial charge is 0.396 e. The summed E-state index contributed by atoms with van der Waals surface area (Å²) in [6, 6.07) is 0. The van der Waals surface area contributed by atoms with Crippen LogP contribution in [0.2, 0.25) is 0 Å². The van der Waals surface area contributed by atoms with Crippen molar-refractivity contribution in [1.82, 2.24) is 14.7 Å². The molecule has 0 atom stereocenters. The van der Waals surface area contributed by atoms with Crippen molar-refractivity contribution in [1.29, 1.82) is 0 Å². The second-order valence-corrected chi connectivity index (χ2v) is 9.16. The molecule has 1 aromatic rings. The lowest BCUT2D eigenvalue weighted by Gasteiger charge is -2.39. The molecule has 3 rings (SSSR count). The van der Waals surface area contributed by atoms with E-state index in [1.807, 2.05) is 6.92 Å². The van der Waals surface area contributed by atoms with Gasteiger partial charge in [0.05, 0.1) is 25.3 Å². The molecule has 1 aliphatic carbocycles. The number of unbranched alkanes of at least 4 members (excludes halogenated alkanes) is 1. The standard InChI is InChI=1S/C22H37F2N3O2/c1-4-6-11-26(3)13-18-20(19-12-22(23,24)14-27(19)25-18)17-7-9-21(15-28,10-8-17)16-29-5-2/h17,28H,4-16H2,1-3H3. The number of halogens is 2. The maximum atomic E-state index is 14.1. The van der Waals surface area contributed by atoms with Gasteiger partial charge in [-0.05, 0) is 58.5 Å². The lowest BCUT2D eigenvalue weighted by molar-refractivity contribution is -0.0158. The molecular weight excluding hydrogens is 376 g/mol. The summed E-state index contributed by atoms with van der Waals surface area (Å²) in [5.41, 5.74) is 2.58. The molecule has 1 aromatic heterocycles. The molecule has 2 aliphatic rings. The van der Waals surface area contributed by atoms with Crippen LogP contribution in [-0.2, 0) is 24.2 Å². The first kappa shape index (κ1) is 22.6. The van der Waals surface area contributed by atoms with E-state index in [1.54, 1.807) is 4.68 Å². The number of fused-ring (bicyclic) bond motifs is 1. The van der Waals surface area contributed by atoms with E-state index in [2.05, 4.69) is 24.0 Å². The summed E-state index contributed by atoms with van der Waals surface area (Å²) < 4.78 is 35.3. The zero-order valence-corrected chi connectivity index (χ0v) is 18.2. The van der Waals surface area contributed by atoms with Crippen LogP contribution < -0.4 is 0 Å². The molecule has 29 heavy (non-hydrogen) atoms. The van der Waals surface area contributed by atoms with E-state index in [0.717, 1.165) is 62.0 Å². The molecule has 5 nitrogen and oxygen atoms in total. The monoisotopic (exact) mass is 413 g/mol. The SMILES string of the molecule is CCCCN(C)Cc1nn2c(c1C1CCC(CO)(COCC)CC1)CC(F)(F)C2. The topological polar surface area (TPSA) is 50.5 Å². The Labute approximate surface area is 173 Å². The number of aromatic nitrogens is 2. The normalized spacial score (nSPS) is 26.2. The maximum Gasteiger partial charge on any atom is 0.272 e. The number of ether oxygens (including phenoxy) is 1. The molecule has 0 bridgehead atoms. The highest BCUT2D eigenvalue weighted by Gasteiger charge is 2.44. The zero-order valence-electron chi connectivity index (χ0n) is 18.2. The average molecular weight is 414 g/mol. The molecule has 2 heterocycles. The van der Waals surface area contributed by atoms with Crippen LogP contribution in [0.25, 0.3) is 0 Å². The van der Waals surface area contributed by atoms with Gasteiger partial charge in [-0.2, -0.15) is 5.10 Å². The van der Waals surface area contributed by atoms with Crippen LogP contribution in [0.3, 0.4) is 0 Å². The van der Waals surface area contributed by atoms with E-state index < -0.39 is 5.92 Å². The van der Waals surface area contributed by atoms with Gasteiger partial charge >= 0.3 is 0 Å². The first-order chi connectivity index (χ1) is 13.8. The molecule has 0 spiro atoms. The Balaban J connectivity index is 1.79. The smallest absolute Gasteiger partial charge is 0.272 e. The number of nitrogens with zero attached hydrogens (tertiary/aromatic N) is 3. The summed E-state index contributed by atoms with van der Waals surface area (Å²) in [6.45, 7) is 6.87. The van der Waals surface area contributed by atoms with Crippen LogP contribution in [0.5, 0.6) is 0 Å². The van der Waals surface area contributed by atoms with E-state index >= 15 is 0 Å². The highest BCUT2D eigenvalue weighted by molar-refractivity contribution is 5.34. The molecule has 1 N–H and O–H groups in total. The number of aliphatic hydroxyl groups excluding tert-OH is 1. The number of rotatable bonds is 10. The molecule has 0 aromatic carbocycles. The fourth-order valence-corrected chi connectivity index (χ4v) is 4.94. The van der Waals surface area contributed by atoms with Crippen LogP contribution in [0.15, 0.2) is 0 Å². The molecule has 1 aliphatic heterocycles. The highest BCUT2D eigenvalue weighted by atomic mass is 19.3. The summed E-state index contributed by atoms with van der Waals surface area (Å²) in [4.78, 5) is 2.25. The minimum Gasteiger partial charge on any atom is -0.396 e. The Bertz CT molecular complexity index is 669. The zero-order chi connectivity index (χ0) is 21.1. The van der Waals surface area contributed by atoms with Crippen LogP contribution in [-0.4, -0.2) is 59.1 Å². The summed E-state index contributed by atoms with van der Waals surface area (Å²) in [6.07, 6.45) is 5.56. The van der Waals surface area contributed by atoms with Crippen molar-refractivity contribution in [3.63, 3.8) is 0 Å². The van der Waals surface area contributed by atoms with Gasteiger partial charge in [-0.3, -0.25) is 4.68 Å². The van der Waals surface area contributed by atoms with Crippen LogP contribution in [0, 0.1) is 5.41 Å². The van der Waals surface area contributed by atoms with Gasteiger partial charge < -0.3 is 14.7 Å². The lowest BCUT2D eigenvalue weighted by atomic mass is 9.69. The molecule has 0 saturated heterocycles. The highest BCUT2D eigenvalue weighted by Crippen LogP contribution is 2.46. The van der Waals surface area contributed by atoms with Crippen molar-refractivity contribution in [2.45, 2.75) is 83.7 Å². The first-order valence-corrected chi connectivity index (χ1v) is 11.2. The predicted molar refractivity (Wildman–Crippen MR) is 109 cm³/mol. The third-order valence-corrected chi connectivity index (χ3v) is 6.70. The van der Waals surface area contributed by atoms with E-state index in [-0.39, 0.29) is 30.9 Å². The summed E-state index contributed by atoms with van der Waals surface area (Å²) in [5.74, 6) is -2.45. The fraction of sp³-hybridized carbons (Fsp3) is 0.864. The van der Waals surface area contributed by atoms with Crippen molar-refractivity contribution in [2.75, 3.05) is 33.4 Å². The minimum atomic E-state index is -2.69. The average Bonchev–Trinajstić information content (AvgIpc) is 3.16. The molecule has 0 amide bonds. The molecule has 0 radical (unpaired) electrons. The molecule has 7 heteroatoms. The molecular formula is C22H37F2N3O2. The maximum absolute atomic E-state index is 14.1. The third-order valence-electron chi connectivity index (χ3n) is 6.70. The van der Waals surface area contributed by atoms with E-state index in [9.17, 15) is 13.9 Å². The van der Waals surface area contributed by atoms with E-state index in [1.165, 1.54) is 0 Å². The van der Waals surface area contributed by atoms with E-state index in [0.29, 0.717) is 19.8 Å². The Kier molecular flexibility index (Phi) is 7.33. The van der Waals surface area contributed by atoms with E-state index in [4.69, 9.17) is 4.74 Å². The Morgan fingerprint density at radius 3 is 2.62 bits per heavy atom. The number of hydrogen-bond acceptors (Lipinski definition) is 4. The van der Waals surface area contributed by atoms with Crippen molar-refractivity contribution in [3.05, 3.63) is 17.0 Å². The number of aliphatic hydroxyl groups is 1. The van der Waals surface area contributed by atoms with Crippen LogP contribution in [0.4, 0.5) is 8.78 Å². The Morgan fingerprint density at radius 1 is 1.28 bits per heavy atom. The van der Waals surface area contributed by atoms with Gasteiger partial charge in [0.2, 0.25) is 0 Å². The quantitative estimate of drug-likeness (QED) is 0.630. The van der Waals surface area contributed by atoms with Gasteiger partial charge in [0.1, 0.15) is 6.54 Å². The van der Waals surface area contributed by atoms with Gasteiger partial charge in [0.25, 0.3) is 5.92 Å². The second kappa shape index (κ2) is 9.40. The second-order valence-electron chi connectivity index (χ2n) is 9.16. The summed E-state index contributed by atoms with van der Waals surface area (Å²) in [7, 11) is 2.08. The van der Waals surface area contributed by atoms with Gasteiger partial charge in [0.15, 0.2) is 0 Å². The van der Waals surface area contributed by atoms with Gasteiger partial charge in [0, 0.05) is 29.8 Å². The number of hydrogen-bond donors (Lipinski definition) is 1. The van der Waals surface area contributed by atoms with Gasteiger partial charge in [-0.1, -0.05) is 13.3 Å². The van der Waals surface area contributed by atoms with Crippen molar-refractivity contribution < 1.29 is 18.6 Å². The third kappa shape index (κ3) is 5.17. The molecule has 1 saturated carbocycles. The molecule has 0 unspecified atom stereocenters. The first-order valence-electron chi connectivity index (χ1n) is 11.2. The lowest BCUT2D eigenvalue weighted by Crippen LogP contribution is -2.35. The van der Waals surface area contributed by atoms with Crippen LogP contribution in [0.1, 0.15) is 75.2 Å². The predicted octanol–water partition coefficient (Wildman–Crippen LogP) is 3.98. The van der Waals surface area contributed by atoms with Gasteiger partial charge in [-0.25, -0.2) is 8.78 Å².